The van der Waals surface area contributed by atoms with Gasteiger partial charge < -0.3 is 21.0 Å². The normalized spacial score (nSPS) is 32.6. The molecule has 2 aliphatic heterocycles. The van der Waals surface area contributed by atoms with Crippen LogP contribution in [0.25, 0.3) is 0 Å². The first-order valence-electron chi connectivity index (χ1n) is 8.40. The van der Waals surface area contributed by atoms with Crippen LogP contribution in [0.2, 0.25) is 0 Å². The van der Waals surface area contributed by atoms with Gasteiger partial charge in [0.25, 0.3) is 0 Å². The van der Waals surface area contributed by atoms with Crippen molar-refractivity contribution in [2.24, 2.45) is 0 Å². The number of hydrogen-bond donors (Lipinski definition) is 8. The molecule has 24 heavy (non-hydrogen) atoms. The monoisotopic (exact) mass is 342 g/mol. The molecule has 0 spiro atoms. The Morgan fingerprint density at radius 1 is 0.875 bits per heavy atom. The maximum absolute atomic E-state index is 11.2. The van der Waals surface area contributed by atoms with Gasteiger partial charge >= 0.3 is 0 Å². The lowest BCUT2D eigenvalue weighted by atomic mass is 10.2. The highest BCUT2D eigenvalue weighted by Gasteiger charge is 2.27. The Kier molecular flexibility index (Phi) is 8.21. The first-order valence-corrected chi connectivity index (χ1v) is 8.40. The van der Waals surface area contributed by atoms with E-state index in [4.69, 9.17) is 0 Å². The van der Waals surface area contributed by atoms with E-state index in [-0.39, 0.29) is 34.8 Å². The first kappa shape index (κ1) is 19.4. The third-order valence-corrected chi connectivity index (χ3v) is 4.26. The molecule has 0 aromatic carbocycles. The first-order chi connectivity index (χ1) is 11.6. The third kappa shape index (κ3) is 6.53. The molecule has 138 valence electrons. The highest BCUT2D eigenvalue weighted by molar-refractivity contribution is 4.88. The summed E-state index contributed by atoms with van der Waals surface area (Å²) in [6, 6.07) is 0.482. The summed E-state index contributed by atoms with van der Waals surface area (Å²) < 4.78 is 0. The fourth-order valence-corrected chi connectivity index (χ4v) is 2.93. The number of quaternary nitrogens is 2. The summed E-state index contributed by atoms with van der Waals surface area (Å²) in [6.07, 6.45) is 5.01. The van der Waals surface area contributed by atoms with E-state index >= 15 is 0 Å². The largest absolute Gasteiger partial charge is 0.608 e. The van der Waals surface area contributed by atoms with E-state index < -0.39 is 0 Å². The summed E-state index contributed by atoms with van der Waals surface area (Å²) in [4.78, 5) is 0. The quantitative estimate of drug-likeness (QED) is 0.177. The van der Waals surface area contributed by atoms with Crippen molar-refractivity contribution in [3.63, 3.8) is 0 Å². The van der Waals surface area contributed by atoms with Crippen molar-refractivity contribution in [3.8, 4) is 0 Å². The molecule has 10 nitrogen and oxygen atoms in total. The molecule has 2 heterocycles. The molecular weight excluding hydrogens is 312 g/mol. The molecule has 0 amide bonds. The van der Waals surface area contributed by atoms with Crippen LogP contribution in [0.5, 0.6) is 0 Å². The van der Waals surface area contributed by atoms with Gasteiger partial charge in [0.1, 0.15) is 12.4 Å². The molecule has 2 fully saturated rings. The van der Waals surface area contributed by atoms with Gasteiger partial charge in [0, 0.05) is 25.2 Å². The van der Waals surface area contributed by atoms with Crippen molar-refractivity contribution in [3.05, 3.63) is 36.0 Å². The van der Waals surface area contributed by atoms with Crippen molar-refractivity contribution in [1.82, 2.24) is 32.1 Å². The van der Waals surface area contributed by atoms with Crippen molar-refractivity contribution >= 4 is 0 Å². The minimum Gasteiger partial charge on any atom is -0.608 e. The van der Waals surface area contributed by atoms with Crippen molar-refractivity contribution in [2.45, 2.75) is 37.3 Å². The molecule has 0 radical (unpaired) electrons. The van der Waals surface area contributed by atoms with Gasteiger partial charge in [0.15, 0.2) is 0 Å². The second-order valence-corrected chi connectivity index (χ2v) is 6.12. The van der Waals surface area contributed by atoms with Gasteiger partial charge in [-0.3, -0.25) is 21.0 Å². The van der Waals surface area contributed by atoms with E-state index in [2.05, 4.69) is 45.3 Å². The summed E-state index contributed by atoms with van der Waals surface area (Å²) in [5, 5.41) is 35.8. The molecule has 2 aliphatic rings. The summed E-state index contributed by atoms with van der Waals surface area (Å²) in [7, 11) is 0. The smallest absolute Gasteiger partial charge is 0.106 e. The molecule has 0 bridgehead atoms. The Hall–Kier alpha value is -0.920. The molecule has 6 atom stereocenters. The van der Waals surface area contributed by atoms with Gasteiger partial charge in [-0.15, -0.1) is 0 Å². The third-order valence-electron chi connectivity index (χ3n) is 4.26. The number of rotatable bonds is 11. The van der Waals surface area contributed by atoms with E-state index in [0.29, 0.717) is 13.1 Å². The molecule has 0 saturated carbocycles. The fraction of sp³-hybridized carbons (Fsp3) is 0.714. The predicted molar refractivity (Wildman–Crippen MR) is 91.7 cm³/mol. The van der Waals surface area contributed by atoms with Gasteiger partial charge in [-0.25, -0.2) is 0 Å². The standard InChI is InChI=1S/C14H30N8O2/c1-3-21(23)17-9-11-7-15-13(19-11)5-6-14-16-8-12(20-14)10-18-22(24)4-2/h3-4,11-22H,1-2,5-10H2. The maximum atomic E-state index is 11.2. The number of hydrogen-bond acceptors (Lipinski definition) is 8. The van der Waals surface area contributed by atoms with Gasteiger partial charge in [0.05, 0.1) is 25.4 Å². The van der Waals surface area contributed by atoms with Crippen LogP contribution in [0.15, 0.2) is 25.6 Å². The van der Waals surface area contributed by atoms with Crippen LogP contribution in [0.3, 0.4) is 0 Å². The topological polar surface area (TPSA) is 127 Å². The van der Waals surface area contributed by atoms with Crippen LogP contribution in [0.4, 0.5) is 0 Å². The molecule has 0 aliphatic carbocycles. The minimum atomic E-state index is -0.144. The molecular formula is C14H30N8O2. The predicted octanol–water partition coefficient (Wildman–Crippen LogP) is -4.40. The van der Waals surface area contributed by atoms with Crippen LogP contribution in [0.1, 0.15) is 12.8 Å². The fourth-order valence-electron chi connectivity index (χ4n) is 2.93. The highest BCUT2D eigenvalue weighted by atomic mass is 16.5. The maximum Gasteiger partial charge on any atom is 0.106 e. The molecule has 8 N–H and O–H groups in total. The Morgan fingerprint density at radius 3 is 1.67 bits per heavy atom. The van der Waals surface area contributed by atoms with Gasteiger partial charge in [-0.2, -0.15) is 10.9 Å². The highest BCUT2D eigenvalue weighted by Crippen LogP contribution is 2.07. The lowest BCUT2D eigenvalue weighted by Crippen LogP contribution is -3.10. The average molecular weight is 342 g/mol. The van der Waals surface area contributed by atoms with Crippen LogP contribution in [-0.2, 0) is 0 Å². The molecule has 10 heteroatoms. The van der Waals surface area contributed by atoms with Crippen LogP contribution < -0.4 is 42.5 Å². The summed E-state index contributed by atoms with van der Waals surface area (Å²) in [6.45, 7) is 9.74. The van der Waals surface area contributed by atoms with Gasteiger partial charge in [0.2, 0.25) is 0 Å². The van der Waals surface area contributed by atoms with Crippen LogP contribution in [0, 0.1) is 10.4 Å². The lowest BCUT2D eigenvalue weighted by molar-refractivity contribution is -0.842. The van der Waals surface area contributed by atoms with Crippen molar-refractivity contribution in [1.29, 1.82) is 0 Å². The average Bonchev–Trinajstić information content (AvgIpc) is 3.24. The number of nitrogens with one attached hydrogen (secondary N) is 8. The molecule has 2 saturated heterocycles. The Morgan fingerprint density at radius 2 is 1.29 bits per heavy atom. The van der Waals surface area contributed by atoms with E-state index in [1.807, 2.05) is 0 Å². The van der Waals surface area contributed by atoms with Crippen molar-refractivity contribution < 1.29 is 10.3 Å². The Bertz CT molecular complexity index is 363. The molecule has 2 rings (SSSR count). The van der Waals surface area contributed by atoms with Gasteiger partial charge in [-0.1, -0.05) is 0 Å². The zero-order valence-corrected chi connectivity index (χ0v) is 13.9. The zero-order valence-electron chi connectivity index (χ0n) is 13.9. The van der Waals surface area contributed by atoms with E-state index in [1.54, 1.807) is 0 Å². The molecule has 6 unspecified atom stereocenters. The second-order valence-electron chi connectivity index (χ2n) is 6.12. The Balaban J connectivity index is 1.56. The SMILES string of the molecule is C=C[NH+]([O-])NCC1CNC(CCC2NCC(CN[NH+]([O-])C=C)N2)N1. The second kappa shape index (κ2) is 10.2. The summed E-state index contributed by atoms with van der Waals surface area (Å²) in [5.74, 6) is 0. The van der Waals surface area contributed by atoms with Crippen molar-refractivity contribution in [2.75, 3.05) is 26.2 Å². The summed E-state index contributed by atoms with van der Waals surface area (Å²) >= 11 is 0. The molecule has 0 aromatic rings. The van der Waals surface area contributed by atoms with Crippen LogP contribution >= 0.6 is 0 Å². The van der Waals surface area contributed by atoms with E-state index in [9.17, 15) is 10.4 Å². The number of hydroxylamine groups is 2. The van der Waals surface area contributed by atoms with E-state index in [0.717, 1.165) is 25.9 Å². The van der Waals surface area contributed by atoms with Crippen LogP contribution in [-0.4, -0.2) is 50.6 Å². The van der Waals surface area contributed by atoms with Gasteiger partial charge in [-0.05, 0) is 26.0 Å². The minimum absolute atomic E-state index is 0.144. The van der Waals surface area contributed by atoms with E-state index in [1.165, 1.54) is 12.4 Å². The molecule has 0 aromatic heterocycles. The summed E-state index contributed by atoms with van der Waals surface area (Å²) in [5.41, 5.74) is 5.60. The Labute approximate surface area is 142 Å². The lowest BCUT2D eigenvalue weighted by Gasteiger charge is -2.21. The zero-order chi connectivity index (χ0) is 17.4.